The van der Waals surface area contributed by atoms with Gasteiger partial charge in [-0.05, 0) is 37.8 Å². The lowest BCUT2D eigenvalue weighted by Gasteiger charge is -2.25. The van der Waals surface area contributed by atoms with Crippen LogP contribution in [0.2, 0.25) is 0 Å². The number of H-pyrrole nitrogens is 1. The van der Waals surface area contributed by atoms with Crippen molar-refractivity contribution in [2.45, 2.75) is 63.2 Å². The first-order valence-electron chi connectivity index (χ1n) is 12.7. The number of guanidine groups is 1. The molecule has 2 rings (SSSR count). The van der Waals surface area contributed by atoms with Crippen LogP contribution in [0.25, 0.3) is 10.9 Å². The lowest BCUT2D eigenvalue weighted by Crippen LogP contribution is -2.57. The average molecular weight is 560 g/mol. The molecule has 2 aromatic rings. The van der Waals surface area contributed by atoms with E-state index in [9.17, 15) is 29.1 Å². The van der Waals surface area contributed by atoms with Crippen molar-refractivity contribution in [3.8, 4) is 0 Å². The molecule has 13 N–H and O–H groups in total. The molecule has 0 aliphatic heterocycles. The third-order valence-corrected chi connectivity index (χ3v) is 6.02. The minimum absolute atomic E-state index is 0.00196. The zero-order chi connectivity index (χ0) is 29.8. The number of nitrogens with two attached hydrogens (primary N) is 4. The molecule has 0 saturated carbocycles. The molecule has 15 heteroatoms. The molecule has 1 aromatic carbocycles. The Hall–Kier alpha value is -4.66. The van der Waals surface area contributed by atoms with Crippen LogP contribution >= 0.6 is 0 Å². The number of aromatic nitrogens is 1. The summed E-state index contributed by atoms with van der Waals surface area (Å²) in [5.74, 6) is -4.34. The number of fused-ring (bicyclic) bond motifs is 1. The number of para-hydroxylation sites is 1. The molecule has 4 atom stereocenters. The number of primary amides is 1. The highest BCUT2D eigenvalue weighted by Gasteiger charge is 2.30. The Morgan fingerprint density at radius 2 is 1.55 bits per heavy atom. The standard InChI is InChI=1S/C25H37N9O6/c1-13(26)21(36)34-19(11-14-12-31-16-6-3-2-5-15(14)16)23(38)32-17(8-9-20(27)35)22(37)33-18(24(39)40)7-4-10-30-25(28)29/h2-3,5-6,12-13,17-19,31H,4,7-11,26H2,1H3,(H2,27,35)(H,32,38)(H,33,37)(H,34,36)(H,39,40)(H4,28,29,30). The lowest BCUT2D eigenvalue weighted by atomic mass is 10.0. The van der Waals surface area contributed by atoms with E-state index >= 15 is 0 Å². The molecule has 0 fully saturated rings. The first-order valence-corrected chi connectivity index (χ1v) is 12.7. The Bertz CT molecular complexity index is 1240. The number of aliphatic carboxylic acids is 1. The summed E-state index contributed by atoms with van der Waals surface area (Å²) in [6, 6.07) is 2.69. The molecule has 1 heterocycles. The van der Waals surface area contributed by atoms with E-state index in [1.54, 1.807) is 6.20 Å². The van der Waals surface area contributed by atoms with E-state index in [0.29, 0.717) is 0 Å². The highest BCUT2D eigenvalue weighted by atomic mass is 16.4. The van der Waals surface area contributed by atoms with E-state index in [4.69, 9.17) is 22.9 Å². The average Bonchev–Trinajstić information content (AvgIpc) is 3.29. The fraction of sp³-hybridized carbons (Fsp3) is 0.440. The number of carboxylic acid groups (broad SMARTS) is 1. The number of carbonyl (C=O) groups excluding carboxylic acids is 4. The molecule has 0 bridgehead atoms. The van der Waals surface area contributed by atoms with Crippen LogP contribution in [0.3, 0.4) is 0 Å². The van der Waals surface area contributed by atoms with Gasteiger partial charge in [0.2, 0.25) is 23.6 Å². The van der Waals surface area contributed by atoms with Crippen molar-refractivity contribution in [1.82, 2.24) is 20.9 Å². The normalized spacial score (nSPS) is 13.8. The summed E-state index contributed by atoms with van der Waals surface area (Å²) in [5.41, 5.74) is 23.0. The molecule has 218 valence electrons. The van der Waals surface area contributed by atoms with Crippen molar-refractivity contribution in [1.29, 1.82) is 0 Å². The van der Waals surface area contributed by atoms with Crippen LogP contribution in [0.4, 0.5) is 0 Å². The first kappa shape index (κ1) is 31.6. The van der Waals surface area contributed by atoms with Gasteiger partial charge in [0.05, 0.1) is 6.04 Å². The van der Waals surface area contributed by atoms with E-state index < -0.39 is 53.8 Å². The van der Waals surface area contributed by atoms with Gasteiger partial charge in [-0.25, -0.2) is 4.79 Å². The van der Waals surface area contributed by atoms with E-state index in [-0.39, 0.29) is 44.6 Å². The number of carboxylic acids is 1. The Kier molecular flexibility index (Phi) is 11.9. The number of nitrogens with zero attached hydrogens (tertiary/aromatic N) is 1. The fourth-order valence-corrected chi connectivity index (χ4v) is 3.89. The zero-order valence-electron chi connectivity index (χ0n) is 22.2. The van der Waals surface area contributed by atoms with Crippen LogP contribution in [-0.4, -0.2) is 76.4 Å². The third-order valence-electron chi connectivity index (χ3n) is 6.02. The third kappa shape index (κ3) is 9.90. The molecule has 4 unspecified atom stereocenters. The van der Waals surface area contributed by atoms with E-state index in [1.165, 1.54) is 6.92 Å². The van der Waals surface area contributed by atoms with Crippen LogP contribution in [0, 0.1) is 0 Å². The molecule has 1 aromatic heterocycles. The summed E-state index contributed by atoms with van der Waals surface area (Å²) >= 11 is 0. The number of benzene rings is 1. The maximum atomic E-state index is 13.4. The predicted octanol–water partition coefficient (Wildman–Crippen LogP) is -2.08. The van der Waals surface area contributed by atoms with Crippen molar-refractivity contribution in [2.75, 3.05) is 6.54 Å². The van der Waals surface area contributed by atoms with Gasteiger partial charge in [0, 0.05) is 36.5 Å². The van der Waals surface area contributed by atoms with Gasteiger partial charge in [0.15, 0.2) is 5.96 Å². The largest absolute Gasteiger partial charge is 0.480 e. The van der Waals surface area contributed by atoms with Gasteiger partial charge < -0.3 is 49.0 Å². The number of amides is 4. The summed E-state index contributed by atoms with van der Waals surface area (Å²) < 4.78 is 0. The van der Waals surface area contributed by atoms with Crippen LogP contribution < -0.4 is 38.9 Å². The zero-order valence-corrected chi connectivity index (χ0v) is 22.2. The highest BCUT2D eigenvalue weighted by molar-refractivity contribution is 5.95. The number of carbonyl (C=O) groups is 5. The first-order chi connectivity index (χ1) is 18.9. The van der Waals surface area contributed by atoms with Crippen LogP contribution in [-0.2, 0) is 30.4 Å². The van der Waals surface area contributed by atoms with Gasteiger partial charge in [-0.3, -0.25) is 24.2 Å². The topological polar surface area (TPSA) is 274 Å². The molecule has 0 aliphatic rings. The molecule has 0 spiro atoms. The minimum Gasteiger partial charge on any atom is -0.480 e. The molecule has 15 nitrogen and oxygen atoms in total. The minimum atomic E-state index is -1.32. The monoisotopic (exact) mass is 559 g/mol. The lowest BCUT2D eigenvalue weighted by molar-refractivity contribution is -0.142. The maximum Gasteiger partial charge on any atom is 0.326 e. The maximum absolute atomic E-state index is 13.4. The number of nitrogens with one attached hydrogen (secondary N) is 4. The van der Waals surface area contributed by atoms with Crippen molar-refractivity contribution in [3.63, 3.8) is 0 Å². The van der Waals surface area contributed by atoms with Crippen LogP contribution in [0.1, 0.15) is 38.2 Å². The van der Waals surface area contributed by atoms with Gasteiger partial charge in [-0.1, -0.05) is 18.2 Å². The molecule has 0 radical (unpaired) electrons. The number of hydrogen-bond donors (Lipinski definition) is 9. The second-order valence-corrected chi connectivity index (χ2v) is 9.33. The number of aromatic amines is 1. The Balaban J connectivity index is 2.23. The Morgan fingerprint density at radius 3 is 2.17 bits per heavy atom. The summed E-state index contributed by atoms with van der Waals surface area (Å²) in [6.45, 7) is 1.61. The van der Waals surface area contributed by atoms with Gasteiger partial charge in [-0.2, -0.15) is 0 Å². The second kappa shape index (κ2) is 15.1. The van der Waals surface area contributed by atoms with Gasteiger partial charge in [0.25, 0.3) is 0 Å². The molecular weight excluding hydrogens is 522 g/mol. The smallest absolute Gasteiger partial charge is 0.326 e. The Morgan fingerprint density at radius 1 is 0.925 bits per heavy atom. The van der Waals surface area contributed by atoms with Crippen molar-refractivity contribution in [3.05, 3.63) is 36.0 Å². The molecule has 40 heavy (non-hydrogen) atoms. The van der Waals surface area contributed by atoms with Gasteiger partial charge in [0.1, 0.15) is 18.1 Å². The molecule has 0 saturated heterocycles. The van der Waals surface area contributed by atoms with Crippen LogP contribution in [0.5, 0.6) is 0 Å². The second-order valence-electron chi connectivity index (χ2n) is 9.33. The van der Waals surface area contributed by atoms with Crippen molar-refractivity contribution < 1.29 is 29.1 Å². The summed E-state index contributed by atoms with van der Waals surface area (Å²) in [4.78, 5) is 68.9. The Labute approximate surface area is 230 Å². The highest BCUT2D eigenvalue weighted by Crippen LogP contribution is 2.19. The number of aliphatic imine (C=N–C) groups is 1. The summed E-state index contributed by atoms with van der Waals surface area (Å²) in [6.07, 6.45) is 1.56. The van der Waals surface area contributed by atoms with Gasteiger partial charge >= 0.3 is 5.97 Å². The predicted molar refractivity (Wildman–Crippen MR) is 147 cm³/mol. The van der Waals surface area contributed by atoms with Crippen LogP contribution in [0.15, 0.2) is 35.5 Å². The van der Waals surface area contributed by atoms with Gasteiger partial charge in [-0.15, -0.1) is 0 Å². The van der Waals surface area contributed by atoms with Crippen molar-refractivity contribution in [2.24, 2.45) is 27.9 Å². The summed E-state index contributed by atoms with van der Waals surface area (Å²) in [7, 11) is 0. The molecular formula is C25H37N9O6. The van der Waals surface area contributed by atoms with E-state index in [1.807, 2.05) is 24.3 Å². The fourth-order valence-electron chi connectivity index (χ4n) is 3.89. The van der Waals surface area contributed by atoms with E-state index in [2.05, 4.69) is 25.9 Å². The summed E-state index contributed by atoms with van der Waals surface area (Å²) in [5, 5.41) is 17.9. The number of hydrogen-bond acceptors (Lipinski definition) is 7. The molecule has 0 aliphatic carbocycles. The number of rotatable bonds is 16. The quantitative estimate of drug-likeness (QED) is 0.0619. The molecule has 4 amide bonds. The SMILES string of the molecule is CC(N)C(=O)NC(Cc1c[nH]c2ccccc12)C(=O)NC(CCC(N)=O)C(=O)NC(CCCN=C(N)N)C(=O)O. The van der Waals surface area contributed by atoms with Crippen molar-refractivity contribution >= 4 is 46.5 Å². The van der Waals surface area contributed by atoms with E-state index in [0.717, 1.165) is 16.5 Å².